The van der Waals surface area contributed by atoms with Gasteiger partial charge in [-0.1, -0.05) is 0 Å². The first-order valence-corrected chi connectivity index (χ1v) is 5.35. The number of hydrogen-bond donors (Lipinski definition) is 0. The minimum Gasteiger partial charge on any atom is -0.243 e. The summed E-state index contributed by atoms with van der Waals surface area (Å²) in [6, 6.07) is 5.89. The number of hydrogen-bond acceptors (Lipinski definition) is 3. The summed E-state index contributed by atoms with van der Waals surface area (Å²) in [7, 11) is 0. The van der Waals surface area contributed by atoms with Crippen LogP contribution in [-0.4, -0.2) is 4.98 Å². The van der Waals surface area contributed by atoms with E-state index in [0.717, 1.165) is 10.0 Å². The van der Waals surface area contributed by atoms with Crippen LogP contribution in [0.3, 0.4) is 0 Å². The molecule has 0 aliphatic carbocycles. The Morgan fingerprint density at radius 1 is 1.21 bits per heavy atom. The van der Waals surface area contributed by atoms with Gasteiger partial charge < -0.3 is 0 Å². The monoisotopic (exact) mass is 313 g/mol. The summed E-state index contributed by atoms with van der Waals surface area (Å²) in [6.45, 7) is 0. The zero-order valence-electron chi connectivity index (χ0n) is 7.09. The molecule has 0 fully saturated rings. The molecular formula is C9H5Br2N3. The SMILES string of the molecule is N#CCc1cc(Br)c(CC#N)nc1Br. The van der Waals surface area contributed by atoms with Gasteiger partial charge in [0, 0.05) is 10.0 Å². The first kappa shape index (κ1) is 11.2. The lowest BCUT2D eigenvalue weighted by Gasteiger charge is -2.03. The number of aromatic nitrogens is 1. The van der Waals surface area contributed by atoms with E-state index < -0.39 is 0 Å². The molecule has 0 aliphatic rings. The van der Waals surface area contributed by atoms with Crippen molar-refractivity contribution in [3.63, 3.8) is 0 Å². The van der Waals surface area contributed by atoms with Crippen LogP contribution >= 0.6 is 31.9 Å². The standard InChI is InChI=1S/C9H5Br2N3/c10-7-5-6(1-3-12)9(11)14-8(7)2-4-13/h5H,1-2H2. The summed E-state index contributed by atoms with van der Waals surface area (Å²) in [6.07, 6.45) is 0.561. The Balaban J connectivity index is 3.13. The average molecular weight is 315 g/mol. The van der Waals surface area contributed by atoms with Crippen molar-refractivity contribution in [2.75, 3.05) is 0 Å². The average Bonchev–Trinajstić information content (AvgIpc) is 2.14. The van der Waals surface area contributed by atoms with Gasteiger partial charge >= 0.3 is 0 Å². The lowest BCUT2D eigenvalue weighted by molar-refractivity contribution is 1.04. The van der Waals surface area contributed by atoms with Crippen LogP contribution in [0, 0.1) is 22.7 Å². The maximum absolute atomic E-state index is 8.54. The number of nitriles is 2. The van der Waals surface area contributed by atoms with E-state index >= 15 is 0 Å². The summed E-state index contributed by atoms with van der Waals surface area (Å²) in [5.41, 5.74) is 1.50. The summed E-state index contributed by atoms with van der Waals surface area (Å²) >= 11 is 6.57. The van der Waals surface area contributed by atoms with Crippen LogP contribution in [-0.2, 0) is 12.8 Å². The van der Waals surface area contributed by atoms with Crippen LogP contribution in [0.15, 0.2) is 15.1 Å². The maximum Gasteiger partial charge on any atom is 0.110 e. The lowest BCUT2D eigenvalue weighted by atomic mass is 10.2. The fourth-order valence-electron chi connectivity index (χ4n) is 0.948. The van der Waals surface area contributed by atoms with Crippen LogP contribution < -0.4 is 0 Å². The molecule has 1 heterocycles. The van der Waals surface area contributed by atoms with E-state index in [1.807, 2.05) is 18.2 Å². The molecular weight excluding hydrogens is 310 g/mol. The molecule has 0 saturated carbocycles. The number of pyridine rings is 1. The zero-order valence-corrected chi connectivity index (χ0v) is 10.3. The van der Waals surface area contributed by atoms with E-state index in [9.17, 15) is 0 Å². The highest BCUT2D eigenvalue weighted by Gasteiger charge is 2.07. The summed E-state index contributed by atoms with van der Waals surface area (Å²) in [4.78, 5) is 4.18. The van der Waals surface area contributed by atoms with Crippen LogP contribution in [0.4, 0.5) is 0 Å². The molecule has 0 atom stereocenters. The van der Waals surface area contributed by atoms with Gasteiger partial charge in [0.1, 0.15) is 4.60 Å². The fourth-order valence-corrected chi connectivity index (χ4v) is 1.92. The zero-order chi connectivity index (χ0) is 10.6. The third-order valence-electron chi connectivity index (χ3n) is 1.59. The molecule has 0 saturated heterocycles. The number of rotatable bonds is 2. The Kier molecular flexibility index (Phi) is 4.06. The fraction of sp³-hybridized carbons (Fsp3) is 0.222. The quantitative estimate of drug-likeness (QED) is 0.789. The second-order valence-electron chi connectivity index (χ2n) is 2.54. The topological polar surface area (TPSA) is 60.5 Å². The van der Waals surface area contributed by atoms with Crippen molar-refractivity contribution < 1.29 is 0 Å². The predicted octanol–water partition coefficient (Wildman–Crippen LogP) is 2.74. The molecule has 0 unspecified atom stereocenters. The van der Waals surface area contributed by atoms with E-state index in [0.29, 0.717) is 16.7 Å². The minimum atomic E-state index is 0.256. The number of nitrogens with zero attached hydrogens (tertiary/aromatic N) is 3. The minimum absolute atomic E-state index is 0.256. The number of halogens is 2. The van der Waals surface area contributed by atoms with Crippen molar-refractivity contribution in [3.8, 4) is 12.1 Å². The Bertz CT molecular complexity index is 387. The largest absolute Gasteiger partial charge is 0.243 e. The van der Waals surface area contributed by atoms with Gasteiger partial charge in [-0.25, -0.2) is 4.98 Å². The van der Waals surface area contributed by atoms with Crippen molar-refractivity contribution >= 4 is 31.9 Å². The van der Waals surface area contributed by atoms with Crippen molar-refractivity contribution in [2.24, 2.45) is 0 Å². The Morgan fingerprint density at radius 3 is 2.43 bits per heavy atom. The first-order chi connectivity index (χ1) is 6.69. The third kappa shape index (κ3) is 2.54. The van der Waals surface area contributed by atoms with Gasteiger partial charge in [0.15, 0.2) is 0 Å². The molecule has 0 aliphatic heterocycles. The Morgan fingerprint density at radius 2 is 1.86 bits per heavy atom. The van der Waals surface area contributed by atoms with Gasteiger partial charge in [-0.3, -0.25) is 0 Å². The summed E-state index contributed by atoms with van der Waals surface area (Å²) < 4.78 is 1.40. The van der Waals surface area contributed by atoms with Crippen LogP contribution in [0.1, 0.15) is 11.3 Å². The first-order valence-electron chi connectivity index (χ1n) is 3.76. The molecule has 0 radical (unpaired) electrons. The van der Waals surface area contributed by atoms with E-state index in [1.165, 1.54) is 0 Å². The molecule has 14 heavy (non-hydrogen) atoms. The third-order valence-corrected chi connectivity index (χ3v) is 2.96. The molecule has 1 aromatic heterocycles. The van der Waals surface area contributed by atoms with Crippen LogP contribution in [0.5, 0.6) is 0 Å². The molecule has 1 aromatic rings. The highest BCUT2D eigenvalue weighted by atomic mass is 79.9. The predicted molar refractivity (Wildman–Crippen MR) is 58.3 cm³/mol. The highest BCUT2D eigenvalue weighted by Crippen LogP contribution is 2.23. The van der Waals surface area contributed by atoms with Gasteiger partial charge in [0.2, 0.25) is 0 Å². The second-order valence-corrected chi connectivity index (χ2v) is 4.14. The second kappa shape index (κ2) is 5.09. The molecule has 3 nitrogen and oxygen atoms in total. The molecule has 0 amide bonds. The molecule has 1 rings (SSSR count). The van der Waals surface area contributed by atoms with E-state index in [-0.39, 0.29) is 6.42 Å². The maximum atomic E-state index is 8.54. The van der Waals surface area contributed by atoms with E-state index in [1.54, 1.807) is 0 Å². The van der Waals surface area contributed by atoms with E-state index in [4.69, 9.17) is 10.5 Å². The van der Waals surface area contributed by atoms with Crippen molar-refractivity contribution in [2.45, 2.75) is 12.8 Å². The lowest BCUT2D eigenvalue weighted by Crippen LogP contribution is -1.95. The van der Waals surface area contributed by atoms with Gasteiger partial charge in [-0.2, -0.15) is 10.5 Å². The molecule has 0 N–H and O–H groups in total. The van der Waals surface area contributed by atoms with Crippen molar-refractivity contribution in [3.05, 3.63) is 26.4 Å². The van der Waals surface area contributed by atoms with Gasteiger partial charge in [0.25, 0.3) is 0 Å². The summed E-state index contributed by atoms with van der Waals surface area (Å²) in [5.74, 6) is 0. The van der Waals surface area contributed by atoms with Gasteiger partial charge in [-0.05, 0) is 37.9 Å². The molecule has 70 valence electrons. The van der Waals surface area contributed by atoms with Crippen molar-refractivity contribution in [1.29, 1.82) is 10.5 Å². The highest BCUT2D eigenvalue weighted by molar-refractivity contribution is 9.11. The van der Waals surface area contributed by atoms with E-state index in [2.05, 4.69) is 36.8 Å². The Hall–Kier alpha value is -0.910. The molecule has 5 heteroatoms. The molecule has 0 aromatic carbocycles. The Labute approximate surface area is 98.6 Å². The smallest absolute Gasteiger partial charge is 0.110 e. The van der Waals surface area contributed by atoms with Gasteiger partial charge in [0.05, 0.1) is 30.7 Å². The molecule has 0 spiro atoms. The molecule has 0 bridgehead atoms. The normalized spacial score (nSPS) is 9.14. The van der Waals surface area contributed by atoms with Crippen LogP contribution in [0.25, 0.3) is 0 Å². The van der Waals surface area contributed by atoms with Crippen LogP contribution in [0.2, 0.25) is 0 Å². The van der Waals surface area contributed by atoms with Crippen molar-refractivity contribution in [1.82, 2.24) is 4.98 Å². The van der Waals surface area contributed by atoms with Gasteiger partial charge in [-0.15, -0.1) is 0 Å². The summed E-state index contributed by atoms with van der Waals surface area (Å²) in [5, 5.41) is 17.1.